The molecule has 0 aliphatic carbocycles. The molecular formula is C28H25N3O3. The zero-order valence-corrected chi connectivity index (χ0v) is 19.0. The van der Waals surface area contributed by atoms with Crippen molar-refractivity contribution in [2.24, 2.45) is 0 Å². The summed E-state index contributed by atoms with van der Waals surface area (Å²) >= 11 is 0. The third-order valence-electron chi connectivity index (χ3n) is 5.87. The molecule has 4 aromatic rings. The molecule has 0 atom stereocenters. The smallest absolute Gasteiger partial charge is 0.259 e. The first-order valence-electron chi connectivity index (χ1n) is 11.0. The third-order valence-corrected chi connectivity index (χ3v) is 5.87. The molecule has 0 radical (unpaired) electrons. The van der Waals surface area contributed by atoms with Crippen LogP contribution in [0, 0.1) is 0 Å². The Hall–Kier alpha value is -4.45. The number of rotatable bonds is 5. The van der Waals surface area contributed by atoms with Crippen LogP contribution in [0.4, 0.5) is 22.7 Å². The third kappa shape index (κ3) is 3.90. The number of ether oxygens (including phenoxy) is 2. The summed E-state index contributed by atoms with van der Waals surface area (Å²) in [5.41, 5.74) is 4.27. The van der Waals surface area contributed by atoms with Crippen LogP contribution in [-0.4, -0.2) is 26.7 Å². The Labute approximate surface area is 198 Å². The average molecular weight is 452 g/mol. The van der Waals surface area contributed by atoms with Gasteiger partial charge in [-0.15, -0.1) is 0 Å². The van der Waals surface area contributed by atoms with E-state index in [1.165, 1.54) is 17.9 Å². The molecule has 0 bridgehead atoms. The fourth-order valence-electron chi connectivity index (χ4n) is 4.24. The second-order valence-electron chi connectivity index (χ2n) is 7.86. The minimum atomic E-state index is -0.265. The van der Waals surface area contributed by atoms with Crippen molar-refractivity contribution in [3.8, 4) is 11.5 Å². The van der Waals surface area contributed by atoms with Gasteiger partial charge in [-0.1, -0.05) is 36.4 Å². The first-order chi connectivity index (χ1) is 16.7. The number of nitrogens with zero attached hydrogens (tertiary/aromatic N) is 1. The molecule has 1 aliphatic heterocycles. The van der Waals surface area contributed by atoms with Crippen LogP contribution >= 0.6 is 0 Å². The monoisotopic (exact) mass is 451 g/mol. The van der Waals surface area contributed by atoms with Gasteiger partial charge in [-0.2, -0.15) is 0 Å². The van der Waals surface area contributed by atoms with E-state index < -0.39 is 0 Å². The number of benzene rings is 4. The van der Waals surface area contributed by atoms with Gasteiger partial charge in [0.05, 0.1) is 31.2 Å². The number of amides is 1. The number of hydrogen-bond donors (Lipinski definition) is 2. The Morgan fingerprint density at radius 2 is 1.74 bits per heavy atom. The van der Waals surface area contributed by atoms with Gasteiger partial charge in [0.15, 0.2) is 11.5 Å². The van der Waals surface area contributed by atoms with E-state index in [1.807, 2.05) is 24.3 Å². The van der Waals surface area contributed by atoms with Crippen LogP contribution in [0.3, 0.4) is 0 Å². The van der Waals surface area contributed by atoms with Gasteiger partial charge in [0, 0.05) is 29.5 Å². The molecule has 0 saturated heterocycles. The highest BCUT2D eigenvalue weighted by Crippen LogP contribution is 2.39. The van der Waals surface area contributed by atoms with Crippen molar-refractivity contribution in [2.75, 3.05) is 36.3 Å². The maximum absolute atomic E-state index is 12.9. The number of nitrogens with one attached hydrogen (secondary N) is 2. The van der Waals surface area contributed by atoms with Crippen molar-refractivity contribution < 1.29 is 14.3 Å². The predicted molar refractivity (Wildman–Crippen MR) is 138 cm³/mol. The zero-order chi connectivity index (χ0) is 23.5. The van der Waals surface area contributed by atoms with Crippen LogP contribution in [0.2, 0.25) is 0 Å². The summed E-state index contributed by atoms with van der Waals surface area (Å²) in [6.45, 7) is 0.744. The number of para-hydroxylation sites is 1. The van der Waals surface area contributed by atoms with Crippen molar-refractivity contribution in [1.29, 1.82) is 0 Å². The summed E-state index contributed by atoms with van der Waals surface area (Å²) in [4.78, 5) is 15.1. The van der Waals surface area contributed by atoms with Crippen molar-refractivity contribution >= 4 is 39.4 Å². The molecule has 6 heteroatoms. The van der Waals surface area contributed by atoms with E-state index in [-0.39, 0.29) is 5.91 Å². The fourth-order valence-corrected chi connectivity index (χ4v) is 4.24. The normalized spacial score (nSPS) is 12.5. The van der Waals surface area contributed by atoms with Crippen LogP contribution in [0.25, 0.3) is 10.8 Å². The first kappa shape index (κ1) is 21.4. The Morgan fingerprint density at radius 1 is 0.912 bits per heavy atom. The molecule has 6 nitrogen and oxygen atoms in total. The molecule has 0 fully saturated rings. The summed E-state index contributed by atoms with van der Waals surface area (Å²) in [6.07, 6.45) is 4.17. The molecule has 5 rings (SSSR count). The lowest BCUT2D eigenvalue weighted by Crippen LogP contribution is -2.14. The highest BCUT2D eigenvalue weighted by Gasteiger charge is 2.18. The van der Waals surface area contributed by atoms with Crippen LogP contribution < -0.4 is 25.0 Å². The van der Waals surface area contributed by atoms with Gasteiger partial charge in [0.2, 0.25) is 0 Å². The molecule has 1 aliphatic rings. The predicted octanol–water partition coefficient (Wildman–Crippen LogP) is 6.19. The van der Waals surface area contributed by atoms with E-state index >= 15 is 0 Å². The molecule has 0 spiro atoms. The molecule has 4 aromatic carbocycles. The van der Waals surface area contributed by atoms with Gasteiger partial charge in [0.1, 0.15) is 0 Å². The van der Waals surface area contributed by atoms with E-state index in [0.29, 0.717) is 22.7 Å². The molecule has 0 saturated carbocycles. The average Bonchev–Trinajstić information content (AvgIpc) is 3.11. The molecular weight excluding hydrogens is 426 g/mol. The summed E-state index contributed by atoms with van der Waals surface area (Å²) in [5.74, 6) is 0.655. The number of hydrogen-bond acceptors (Lipinski definition) is 5. The van der Waals surface area contributed by atoms with Crippen LogP contribution in [0.1, 0.15) is 10.4 Å². The lowest BCUT2D eigenvalue weighted by Gasteiger charge is -2.23. The fraction of sp³-hybridized carbons (Fsp3) is 0.107. The highest BCUT2D eigenvalue weighted by atomic mass is 16.5. The summed E-state index contributed by atoms with van der Waals surface area (Å²) in [7, 11) is 3.07. The first-order valence-corrected chi connectivity index (χ1v) is 11.0. The van der Waals surface area contributed by atoms with Gasteiger partial charge in [-0.25, -0.2) is 0 Å². The van der Waals surface area contributed by atoms with E-state index in [9.17, 15) is 4.79 Å². The molecule has 170 valence electrons. The second kappa shape index (κ2) is 9.19. The van der Waals surface area contributed by atoms with Crippen molar-refractivity contribution in [1.82, 2.24) is 0 Å². The van der Waals surface area contributed by atoms with Crippen LogP contribution in [0.5, 0.6) is 11.5 Å². The lowest BCUT2D eigenvalue weighted by molar-refractivity contribution is 0.102. The maximum atomic E-state index is 12.9. The van der Waals surface area contributed by atoms with Gasteiger partial charge in [-0.3, -0.25) is 4.79 Å². The molecule has 1 heterocycles. The quantitative estimate of drug-likeness (QED) is 0.379. The largest absolute Gasteiger partial charge is 0.493 e. The summed E-state index contributed by atoms with van der Waals surface area (Å²) in [5, 5.41) is 8.86. The van der Waals surface area contributed by atoms with Gasteiger partial charge >= 0.3 is 0 Å². The molecule has 0 aromatic heterocycles. The Bertz CT molecular complexity index is 1380. The highest BCUT2D eigenvalue weighted by molar-refractivity contribution is 6.07. The maximum Gasteiger partial charge on any atom is 0.259 e. The minimum Gasteiger partial charge on any atom is -0.493 e. The number of fused-ring (bicyclic) bond motifs is 3. The zero-order valence-electron chi connectivity index (χ0n) is 19.0. The van der Waals surface area contributed by atoms with Crippen molar-refractivity contribution in [3.05, 3.63) is 96.7 Å². The number of methoxy groups -OCH3 is 2. The van der Waals surface area contributed by atoms with Crippen LogP contribution in [-0.2, 0) is 0 Å². The second-order valence-corrected chi connectivity index (χ2v) is 7.86. The molecule has 0 unspecified atom stereocenters. The van der Waals surface area contributed by atoms with E-state index in [1.54, 1.807) is 25.3 Å². The molecule has 1 amide bonds. The van der Waals surface area contributed by atoms with Crippen molar-refractivity contribution in [2.45, 2.75) is 0 Å². The van der Waals surface area contributed by atoms with Gasteiger partial charge < -0.3 is 25.0 Å². The standard InChI is InChI=1S/C28H25N3O3/c1-33-25-10-5-9-23(27(25)34-2)28(32)30-20-12-14-21(15-13-20)31-18-6-17-29-26-22-8-4-3-7-19(22)11-16-24(26)31/h3-16,18,29H,17H2,1-2H3,(H,30,32). The number of carbonyl (C=O) groups excluding carboxylic acids is 1. The lowest BCUT2D eigenvalue weighted by atomic mass is 10.1. The minimum absolute atomic E-state index is 0.265. The topological polar surface area (TPSA) is 62.8 Å². The van der Waals surface area contributed by atoms with E-state index in [4.69, 9.17) is 9.47 Å². The Balaban J connectivity index is 1.42. The summed E-state index contributed by atoms with van der Waals surface area (Å²) < 4.78 is 10.7. The SMILES string of the molecule is COc1cccc(C(=O)Nc2ccc(N3C=CCNc4c3ccc3ccccc43)cc2)c1OC. The molecule has 2 N–H and O–H groups in total. The van der Waals surface area contributed by atoms with E-state index in [2.05, 4.69) is 64.2 Å². The number of anilines is 4. The van der Waals surface area contributed by atoms with Gasteiger partial charge in [-0.05, 0) is 53.9 Å². The van der Waals surface area contributed by atoms with Crippen LogP contribution in [0.15, 0.2) is 91.1 Å². The Kier molecular flexibility index (Phi) is 5.79. The Morgan fingerprint density at radius 3 is 2.53 bits per heavy atom. The molecule has 34 heavy (non-hydrogen) atoms. The van der Waals surface area contributed by atoms with Gasteiger partial charge in [0.25, 0.3) is 5.91 Å². The van der Waals surface area contributed by atoms with Crippen molar-refractivity contribution in [3.63, 3.8) is 0 Å². The number of carbonyl (C=O) groups is 1. The summed E-state index contributed by atoms with van der Waals surface area (Å²) in [6, 6.07) is 25.6. The van der Waals surface area contributed by atoms with E-state index in [0.717, 1.165) is 23.6 Å².